The molecule has 0 unspecified atom stereocenters. The van der Waals surface area contributed by atoms with Crippen molar-refractivity contribution in [2.24, 2.45) is 0 Å². The number of piperazine rings is 1. The number of carbonyl (C=O) groups excluding carboxylic acids is 2. The van der Waals surface area contributed by atoms with E-state index in [1.54, 1.807) is 40.9 Å². The Morgan fingerprint density at radius 3 is 2.33 bits per heavy atom. The fraction of sp³-hybridized carbons (Fsp3) is 0.703. The lowest BCUT2D eigenvalue weighted by Gasteiger charge is -2.45. The highest BCUT2D eigenvalue weighted by atomic mass is 32.2. The van der Waals surface area contributed by atoms with Crippen LogP contribution in [0.4, 0.5) is 14.9 Å². The van der Waals surface area contributed by atoms with Crippen molar-refractivity contribution in [2.75, 3.05) is 44.5 Å². The molecule has 1 saturated carbocycles. The number of sulfonamides is 1. The number of halogens is 1. The Kier molecular flexibility index (Phi) is 11.6. The Balaban J connectivity index is 1.57. The molecule has 2 aromatic rings. The van der Waals surface area contributed by atoms with Crippen LogP contribution in [0.5, 0.6) is 0 Å². The van der Waals surface area contributed by atoms with E-state index < -0.39 is 42.0 Å². The summed E-state index contributed by atoms with van der Waals surface area (Å²) in [5, 5.41) is 5.52. The number of benzene rings is 1. The number of anilines is 1. The standard InChI is InChI=1S/C37H59FN6O6SSi/c1-11-12-34(45)41-24-29(17-28(41)20-38)44-33-19-30(51(47,48)42(37(7)13-14-37)25-49-15-16-52(8,9)10)18-32(31(33)21-39-44)40-22-26(2)43(27(3)23-40)35(46)50-36(4,5)6/h11-12,18-19,21,26-29H,13-17,20,22-25H2,1-10H3/b12-11+/t26-,27-,28-,29+/m0/s1. The van der Waals surface area contributed by atoms with Gasteiger partial charge in [-0.1, -0.05) is 25.7 Å². The third kappa shape index (κ3) is 8.68. The van der Waals surface area contributed by atoms with Gasteiger partial charge in [-0.15, -0.1) is 0 Å². The van der Waals surface area contributed by atoms with Gasteiger partial charge in [-0.05, 0) is 92.0 Å². The zero-order valence-electron chi connectivity index (χ0n) is 32.7. The van der Waals surface area contributed by atoms with Crippen molar-refractivity contribution in [3.05, 3.63) is 30.5 Å². The monoisotopic (exact) mass is 762 g/mol. The molecule has 4 atom stereocenters. The van der Waals surface area contributed by atoms with Gasteiger partial charge in [0.2, 0.25) is 15.9 Å². The van der Waals surface area contributed by atoms with Crippen molar-refractivity contribution in [1.82, 2.24) is 23.9 Å². The largest absolute Gasteiger partial charge is 0.444 e. The van der Waals surface area contributed by atoms with Gasteiger partial charge in [-0.25, -0.2) is 17.6 Å². The number of allylic oxidation sites excluding steroid dienone is 1. The summed E-state index contributed by atoms with van der Waals surface area (Å²) in [6.07, 6.45) is 6.25. The lowest BCUT2D eigenvalue weighted by atomic mass is 10.1. The average molecular weight is 763 g/mol. The second-order valence-corrected chi connectivity index (χ2v) is 24.8. The molecule has 15 heteroatoms. The van der Waals surface area contributed by atoms with Gasteiger partial charge in [-0.2, -0.15) is 9.40 Å². The number of fused-ring (bicyclic) bond motifs is 1. The quantitative estimate of drug-likeness (QED) is 0.105. The summed E-state index contributed by atoms with van der Waals surface area (Å²) >= 11 is 0. The first-order valence-electron chi connectivity index (χ1n) is 18.6. The van der Waals surface area contributed by atoms with Crippen molar-refractivity contribution in [2.45, 2.75) is 134 Å². The summed E-state index contributed by atoms with van der Waals surface area (Å²) in [7, 11) is -5.46. The summed E-state index contributed by atoms with van der Waals surface area (Å²) in [6.45, 7) is 20.8. The Hall–Kier alpha value is -3.01. The second kappa shape index (κ2) is 15.0. The number of hydrogen-bond acceptors (Lipinski definition) is 8. The molecule has 0 radical (unpaired) electrons. The number of amides is 2. The van der Waals surface area contributed by atoms with Crippen molar-refractivity contribution in [1.29, 1.82) is 0 Å². The SMILES string of the molecule is C/C=C/C(=O)N1C[C@H](n2ncc3c(N4C[C@H](C)N(C(=O)OC(C)(C)C)[C@@H](C)C4)cc(S(=O)(=O)N(COCC[Si](C)(C)C)C4(C)CC4)cc32)C[C@H]1CF. The summed E-state index contributed by atoms with van der Waals surface area (Å²) in [5.74, 6) is -0.263. The minimum Gasteiger partial charge on any atom is -0.444 e. The highest BCUT2D eigenvalue weighted by Gasteiger charge is 2.50. The molecule has 2 amide bonds. The van der Waals surface area contributed by atoms with E-state index in [2.05, 4.69) is 24.5 Å². The Bertz CT molecular complexity index is 1760. The normalized spacial score (nSPS) is 24.0. The minimum absolute atomic E-state index is 0.0403. The van der Waals surface area contributed by atoms with Gasteiger partial charge in [0.05, 0.1) is 40.8 Å². The number of aromatic nitrogens is 2. The predicted molar refractivity (Wildman–Crippen MR) is 205 cm³/mol. The van der Waals surface area contributed by atoms with Crippen LogP contribution in [0, 0.1) is 0 Å². The minimum atomic E-state index is -4.07. The molecule has 0 N–H and O–H groups in total. The molecule has 1 aromatic carbocycles. The fourth-order valence-corrected chi connectivity index (χ4v) is 9.83. The summed E-state index contributed by atoms with van der Waals surface area (Å²) in [4.78, 5) is 31.7. The molecule has 3 fully saturated rings. The molecular weight excluding hydrogens is 704 g/mol. The average Bonchev–Trinajstić information content (AvgIpc) is 3.41. The van der Waals surface area contributed by atoms with Gasteiger partial charge in [-0.3, -0.25) is 14.4 Å². The summed E-state index contributed by atoms with van der Waals surface area (Å²) in [6, 6.07) is 2.88. The van der Waals surface area contributed by atoms with Crippen LogP contribution < -0.4 is 4.90 Å². The molecule has 0 bridgehead atoms. The van der Waals surface area contributed by atoms with Crippen molar-refractivity contribution in [3.8, 4) is 0 Å². The molecule has 3 aliphatic rings. The van der Waals surface area contributed by atoms with Crippen LogP contribution >= 0.6 is 0 Å². The van der Waals surface area contributed by atoms with Gasteiger partial charge in [0.1, 0.15) is 19.0 Å². The molecule has 1 aliphatic carbocycles. The number of nitrogens with zero attached hydrogens (tertiary/aromatic N) is 6. The number of rotatable bonds is 12. The second-order valence-electron chi connectivity index (χ2n) is 17.3. The summed E-state index contributed by atoms with van der Waals surface area (Å²) < 4.78 is 58.9. The number of hydrogen-bond donors (Lipinski definition) is 0. The number of ether oxygens (including phenoxy) is 2. The highest BCUT2D eigenvalue weighted by Crippen LogP contribution is 2.45. The van der Waals surface area contributed by atoms with Crippen LogP contribution in [0.2, 0.25) is 25.7 Å². The van der Waals surface area contributed by atoms with Crippen LogP contribution in [0.15, 0.2) is 35.4 Å². The van der Waals surface area contributed by atoms with Gasteiger partial charge in [0.15, 0.2) is 0 Å². The zero-order chi connectivity index (χ0) is 38.4. The molecular formula is C37H59FN6O6SSi. The first kappa shape index (κ1) is 40.2. The molecule has 5 rings (SSSR count). The Morgan fingerprint density at radius 2 is 1.77 bits per heavy atom. The fourth-order valence-electron chi connectivity index (χ4n) is 7.32. The van der Waals surface area contributed by atoms with Gasteiger partial charge in [0, 0.05) is 50.9 Å². The molecule has 2 saturated heterocycles. The van der Waals surface area contributed by atoms with Crippen LogP contribution in [0.1, 0.15) is 73.8 Å². The molecule has 12 nitrogen and oxygen atoms in total. The van der Waals surface area contributed by atoms with E-state index in [0.717, 1.165) is 24.3 Å². The Labute approximate surface area is 310 Å². The third-order valence-electron chi connectivity index (χ3n) is 10.4. The van der Waals surface area contributed by atoms with E-state index in [4.69, 9.17) is 14.6 Å². The number of alkyl halides is 1. The van der Waals surface area contributed by atoms with Crippen LogP contribution in [-0.4, -0.2) is 121 Å². The molecule has 3 heterocycles. The van der Waals surface area contributed by atoms with Crippen molar-refractivity contribution in [3.63, 3.8) is 0 Å². The van der Waals surface area contributed by atoms with Gasteiger partial charge in [0.25, 0.3) is 0 Å². The molecule has 290 valence electrons. The van der Waals surface area contributed by atoms with E-state index in [0.29, 0.717) is 37.3 Å². The molecule has 0 spiro atoms. The predicted octanol–water partition coefficient (Wildman–Crippen LogP) is 6.41. The lowest BCUT2D eigenvalue weighted by Crippen LogP contribution is -2.59. The van der Waals surface area contributed by atoms with Crippen molar-refractivity contribution >= 4 is 46.7 Å². The van der Waals surface area contributed by atoms with Gasteiger partial charge >= 0.3 is 6.09 Å². The first-order chi connectivity index (χ1) is 24.2. The van der Waals surface area contributed by atoms with Crippen molar-refractivity contribution < 1.29 is 31.9 Å². The van der Waals surface area contributed by atoms with Crippen LogP contribution in [0.25, 0.3) is 10.9 Å². The third-order valence-corrected chi connectivity index (χ3v) is 14.1. The maximum absolute atomic E-state index is 14.8. The van der Waals surface area contributed by atoms with E-state index in [9.17, 15) is 22.4 Å². The van der Waals surface area contributed by atoms with E-state index >= 15 is 0 Å². The van der Waals surface area contributed by atoms with Crippen LogP contribution in [0.3, 0.4) is 0 Å². The highest BCUT2D eigenvalue weighted by molar-refractivity contribution is 7.89. The van der Waals surface area contributed by atoms with Gasteiger partial charge < -0.3 is 19.3 Å². The van der Waals surface area contributed by atoms with Crippen LogP contribution in [-0.2, 0) is 24.3 Å². The number of likely N-dealkylation sites (tertiary alicyclic amines) is 1. The number of carbonyl (C=O) groups is 2. The topological polar surface area (TPSA) is 118 Å². The van der Waals surface area contributed by atoms with E-state index in [1.807, 2.05) is 41.5 Å². The summed E-state index contributed by atoms with van der Waals surface area (Å²) in [5.41, 5.74) is 0.0818. The molecule has 2 aliphatic heterocycles. The Morgan fingerprint density at radius 1 is 1.12 bits per heavy atom. The van der Waals surface area contributed by atoms with E-state index in [1.165, 1.54) is 15.3 Å². The zero-order valence-corrected chi connectivity index (χ0v) is 34.5. The lowest BCUT2D eigenvalue weighted by molar-refractivity contribution is -0.127. The maximum Gasteiger partial charge on any atom is 0.410 e. The maximum atomic E-state index is 14.8. The molecule has 52 heavy (non-hydrogen) atoms. The first-order valence-corrected chi connectivity index (χ1v) is 23.7. The smallest absolute Gasteiger partial charge is 0.410 e. The molecule has 1 aromatic heterocycles. The van der Waals surface area contributed by atoms with E-state index in [-0.39, 0.29) is 48.3 Å².